The monoisotopic (exact) mass is 387 g/mol. The third-order valence-corrected chi connectivity index (χ3v) is 4.96. The Morgan fingerprint density at radius 2 is 1.91 bits per heavy atom. The average molecular weight is 388 g/mol. The first-order valence-electron chi connectivity index (χ1n) is 6.27. The fourth-order valence-corrected chi connectivity index (χ4v) is 3.40. The maximum absolute atomic E-state index is 12.1. The van der Waals surface area contributed by atoms with Gasteiger partial charge >= 0.3 is 0 Å². The molecule has 1 amide bonds. The summed E-state index contributed by atoms with van der Waals surface area (Å²) in [5.74, 6) is -0.295. The van der Waals surface area contributed by atoms with Gasteiger partial charge in [-0.25, -0.2) is 13.1 Å². The van der Waals surface area contributed by atoms with Crippen molar-refractivity contribution in [2.45, 2.75) is 18.7 Å². The number of nitrogens with zero attached hydrogens (tertiary/aromatic N) is 1. The number of nitrogens with one attached hydrogen (secondary N) is 2. The molecule has 9 heteroatoms. The number of halogens is 1. The lowest BCUT2D eigenvalue weighted by Gasteiger charge is -2.07. The summed E-state index contributed by atoms with van der Waals surface area (Å²) in [6.45, 7) is 2.63. The van der Waals surface area contributed by atoms with E-state index in [-0.39, 0.29) is 22.9 Å². The molecular formula is C13H14BrN3O4S. The summed E-state index contributed by atoms with van der Waals surface area (Å²) in [5.41, 5.74) is 0.822. The van der Waals surface area contributed by atoms with Crippen molar-refractivity contribution < 1.29 is 17.7 Å². The fraction of sp³-hybridized carbons (Fsp3) is 0.231. The van der Waals surface area contributed by atoms with Crippen molar-refractivity contribution >= 4 is 37.5 Å². The Morgan fingerprint density at radius 1 is 1.27 bits per heavy atom. The van der Waals surface area contributed by atoms with E-state index in [0.29, 0.717) is 5.69 Å². The second-order valence-corrected chi connectivity index (χ2v) is 7.15. The number of sulfonamides is 1. The van der Waals surface area contributed by atoms with Crippen LogP contribution in [0.2, 0.25) is 0 Å². The number of carbonyl (C=O) groups excluding carboxylic acids is 1. The molecule has 0 aliphatic carbocycles. The van der Waals surface area contributed by atoms with Crippen LogP contribution in [0.5, 0.6) is 0 Å². The summed E-state index contributed by atoms with van der Waals surface area (Å²) in [7, 11) is -3.85. The minimum absolute atomic E-state index is 0.0380. The molecule has 0 saturated carbocycles. The van der Waals surface area contributed by atoms with Crippen LogP contribution in [0, 0.1) is 13.8 Å². The SMILES string of the molecule is Cc1noc(C)c1S(=O)(=O)NCC(=O)Nc1ccc(Br)cc1. The molecule has 1 heterocycles. The van der Waals surface area contributed by atoms with Crippen LogP contribution in [0.15, 0.2) is 38.2 Å². The van der Waals surface area contributed by atoms with Gasteiger partial charge in [0.2, 0.25) is 15.9 Å². The fourth-order valence-electron chi connectivity index (χ4n) is 1.83. The lowest BCUT2D eigenvalue weighted by molar-refractivity contribution is -0.115. The minimum atomic E-state index is -3.85. The van der Waals surface area contributed by atoms with Gasteiger partial charge in [-0.05, 0) is 38.1 Å². The first kappa shape index (κ1) is 16.7. The highest BCUT2D eigenvalue weighted by atomic mass is 79.9. The molecule has 0 aliphatic heterocycles. The number of benzene rings is 1. The maximum atomic E-state index is 12.1. The number of amides is 1. The zero-order valence-electron chi connectivity index (χ0n) is 11.9. The Hall–Kier alpha value is -1.71. The van der Waals surface area contributed by atoms with E-state index in [1.54, 1.807) is 24.3 Å². The van der Waals surface area contributed by atoms with Crippen LogP contribution in [0.1, 0.15) is 11.5 Å². The van der Waals surface area contributed by atoms with Gasteiger partial charge < -0.3 is 9.84 Å². The topological polar surface area (TPSA) is 101 Å². The van der Waals surface area contributed by atoms with Gasteiger partial charge in [0.1, 0.15) is 10.6 Å². The molecule has 0 unspecified atom stereocenters. The van der Waals surface area contributed by atoms with Crippen molar-refractivity contribution in [2.24, 2.45) is 0 Å². The quantitative estimate of drug-likeness (QED) is 0.816. The molecule has 2 rings (SSSR count). The van der Waals surface area contributed by atoms with E-state index in [1.165, 1.54) is 13.8 Å². The van der Waals surface area contributed by atoms with E-state index in [1.807, 2.05) is 0 Å². The van der Waals surface area contributed by atoms with Gasteiger partial charge in [0.25, 0.3) is 0 Å². The summed E-state index contributed by atoms with van der Waals surface area (Å²) in [5, 5.41) is 6.18. The first-order valence-corrected chi connectivity index (χ1v) is 8.55. The summed E-state index contributed by atoms with van der Waals surface area (Å²) < 4.78 is 32.2. The highest BCUT2D eigenvalue weighted by molar-refractivity contribution is 9.10. The molecule has 1 aromatic heterocycles. The lowest BCUT2D eigenvalue weighted by atomic mass is 10.3. The standard InChI is InChI=1S/C13H14BrN3O4S/c1-8-13(9(2)21-17-8)22(19,20)15-7-12(18)16-11-5-3-10(14)4-6-11/h3-6,15H,7H2,1-2H3,(H,16,18). The molecule has 0 atom stereocenters. The number of aromatic nitrogens is 1. The van der Waals surface area contributed by atoms with E-state index in [0.717, 1.165) is 4.47 Å². The number of hydrogen-bond donors (Lipinski definition) is 2. The Kier molecular flexibility index (Phi) is 4.99. The summed E-state index contributed by atoms with van der Waals surface area (Å²) >= 11 is 3.28. The van der Waals surface area contributed by atoms with Crippen LogP contribution in [-0.2, 0) is 14.8 Å². The predicted octanol–water partition coefficient (Wildman–Crippen LogP) is 1.97. The summed E-state index contributed by atoms with van der Waals surface area (Å²) in [6, 6.07) is 6.93. The molecule has 2 N–H and O–H groups in total. The van der Waals surface area contributed by atoms with Gasteiger partial charge in [0.05, 0.1) is 6.54 Å². The number of hydrogen-bond acceptors (Lipinski definition) is 5. The predicted molar refractivity (Wildman–Crippen MR) is 83.9 cm³/mol. The van der Waals surface area contributed by atoms with Crippen molar-refractivity contribution in [1.29, 1.82) is 0 Å². The van der Waals surface area contributed by atoms with Gasteiger partial charge in [-0.15, -0.1) is 0 Å². The molecule has 0 saturated heterocycles. The Bertz CT molecular complexity index is 765. The molecular weight excluding hydrogens is 374 g/mol. The molecule has 0 aliphatic rings. The minimum Gasteiger partial charge on any atom is -0.360 e. The number of carbonyl (C=O) groups is 1. The molecule has 0 spiro atoms. The van der Waals surface area contributed by atoms with Gasteiger partial charge in [0.15, 0.2) is 5.76 Å². The van der Waals surface area contributed by atoms with Crippen molar-refractivity contribution in [3.05, 3.63) is 40.2 Å². The number of anilines is 1. The molecule has 0 bridgehead atoms. The molecule has 2 aromatic rings. The van der Waals surface area contributed by atoms with Crippen LogP contribution >= 0.6 is 15.9 Å². The smallest absolute Gasteiger partial charge is 0.246 e. The van der Waals surface area contributed by atoms with Crippen LogP contribution in [0.3, 0.4) is 0 Å². The Labute approximate surface area is 136 Å². The van der Waals surface area contributed by atoms with Crippen LogP contribution in [0.4, 0.5) is 5.69 Å². The van der Waals surface area contributed by atoms with Crippen molar-refractivity contribution in [3.8, 4) is 0 Å². The molecule has 118 valence electrons. The number of rotatable bonds is 5. The van der Waals surface area contributed by atoms with Crippen LogP contribution in [0.25, 0.3) is 0 Å². The van der Waals surface area contributed by atoms with E-state index in [9.17, 15) is 13.2 Å². The Morgan fingerprint density at radius 3 is 2.45 bits per heavy atom. The molecule has 7 nitrogen and oxygen atoms in total. The summed E-state index contributed by atoms with van der Waals surface area (Å²) in [6.07, 6.45) is 0. The van der Waals surface area contributed by atoms with E-state index < -0.39 is 15.9 Å². The van der Waals surface area contributed by atoms with Gasteiger partial charge in [-0.1, -0.05) is 21.1 Å². The third-order valence-electron chi connectivity index (χ3n) is 2.79. The van der Waals surface area contributed by atoms with Gasteiger partial charge in [-0.2, -0.15) is 0 Å². The van der Waals surface area contributed by atoms with Gasteiger partial charge in [0, 0.05) is 10.2 Å². The first-order chi connectivity index (χ1) is 10.3. The largest absolute Gasteiger partial charge is 0.360 e. The molecule has 22 heavy (non-hydrogen) atoms. The van der Waals surface area contributed by atoms with Crippen molar-refractivity contribution in [3.63, 3.8) is 0 Å². The second kappa shape index (κ2) is 6.59. The highest BCUT2D eigenvalue weighted by Gasteiger charge is 2.24. The van der Waals surface area contributed by atoms with E-state index in [4.69, 9.17) is 4.52 Å². The van der Waals surface area contributed by atoms with Crippen LogP contribution in [-0.4, -0.2) is 26.0 Å². The van der Waals surface area contributed by atoms with E-state index in [2.05, 4.69) is 31.1 Å². The third kappa shape index (κ3) is 3.93. The van der Waals surface area contributed by atoms with Crippen molar-refractivity contribution in [1.82, 2.24) is 9.88 Å². The average Bonchev–Trinajstić information content (AvgIpc) is 2.79. The molecule has 0 fully saturated rings. The normalized spacial score (nSPS) is 11.4. The zero-order chi connectivity index (χ0) is 16.3. The van der Waals surface area contributed by atoms with Crippen molar-refractivity contribution in [2.75, 3.05) is 11.9 Å². The lowest BCUT2D eigenvalue weighted by Crippen LogP contribution is -2.33. The second-order valence-electron chi connectivity index (χ2n) is 4.53. The highest BCUT2D eigenvalue weighted by Crippen LogP contribution is 2.18. The zero-order valence-corrected chi connectivity index (χ0v) is 14.3. The maximum Gasteiger partial charge on any atom is 0.246 e. The van der Waals surface area contributed by atoms with Crippen LogP contribution < -0.4 is 10.0 Å². The molecule has 1 aromatic carbocycles. The Balaban J connectivity index is 2.00. The summed E-state index contributed by atoms with van der Waals surface area (Å²) in [4.78, 5) is 11.8. The number of aryl methyl sites for hydroxylation is 2. The molecule has 0 radical (unpaired) electrons. The van der Waals surface area contributed by atoms with Gasteiger partial charge in [-0.3, -0.25) is 4.79 Å². The van der Waals surface area contributed by atoms with E-state index >= 15 is 0 Å².